The first kappa shape index (κ1) is 80.3. The van der Waals surface area contributed by atoms with Gasteiger partial charge in [-0.15, -0.1) is 0 Å². The van der Waals surface area contributed by atoms with Crippen molar-refractivity contribution in [3.63, 3.8) is 0 Å². The highest BCUT2D eigenvalue weighted by molar-refractivity contribution is 5.96. The number of hydrogen-bond acceptors (Lipinski definition) is 5. The van der Waals surface area contributed by atoms with Crippen LogP contribution in [-0.4, -0.2) is 15.0 Å². The van der Waals surface area contributed by atoms with Crippen LogP contribution in [0.15, 0.2) is 346 Å². The lowest BCUT2D eigenvalue weighted by molar-refractivity contribution is 0.298. The van der Waals surface area contributed by atoms with Gasteiger partial charge in [0.25, 0.3) is 0 Å². The Kier molecular flexibility index (Phi) is 18.6. The van der Waals surface area contributed by atoms with E-state index >= 15 is 0 Å². The summed E-state index contributed by atoms with van der Waals surface area (Å²) in [7, 11) is 0. The molecule has 0 saturated heterocycles. The summed E-state index contributed by atoms with van der Waals surface area (Å²) in [5.74, 6) is 2.04. The highest BCUT2D eigenvalue weighted by Gasteiger charge is 2.53. The van der Waals surface area contributed by atoms with Crippen LogP contribution in [0.3, 0.4) is 0 Å². The molecule has 6 aliphatic carbocycles. The molecule has 5 heteroatoms. The van der Waals surface area contributed by atoms with Crippen molar-refractivity contribution >= 4 is 34.1 Å². The summed E-state index contributed by atoms with van der Waals surface area (Å²) in [5, 5.41) is 0. The van der Waals surface area contributed by atoms with Crippen LogP contribution in [0.1, 0.15) is 191 Å². The van der Waals surface area contributed by atoms with Crippen molar-refractivity contribution in [3.8, 4) is 101 Å². The van der Waals surface area contributed by atoms with Gasteiger partial charge in [0.05, 0.1) is 0 Å². The lowest BCUT2D eigenvalue weighted by Gasteiger charge is -2.49. The van der Waals surface area contributed by atoms with E-state index in [4.69, 9.17) is 15.0 Å². The predicted molar refractivity (Wildman–Crippen MR) is 526 cm³/mol. The van der Waals surface area contributed by atoms with E-state index in [2.05, 4.69) is 444 Å². The number of nitrogens with zero attached hydrogens (tertiary/aromatic N) is 5. The zero-order valence-electron chi connectivity index (χ0n) is 75.6. The standard InChI is InChI=1S/C42H37N3.2C39H37N/c1-40(2)34-25-28(39-44-37(26-15-9-7-10-16-26)43-38(45-39)27-17-11-8-12-18-27)21-22-29(34)30-23-24-33-35(36(30)40)31-19-13-14-20-32(31)41(3,4)42(33,5)6;1-37(2)34-23-28(40(26-15-9-7-10-16-26)27-17-11-8-12-18-27)21-22-30(34)31-25-36-32(24-35(31)37)29-19-13-14-20-33(29)38(3,4)39(36,5)6;1-37(2)34-23-28(40(26-15-9-7-10-16-26)27-17-11-8-12-18-27)21-22-30(34)31-24-32-29-19-13-14-20-33(29)38(3,4)39(5,6)36(32)25-35(31)37/h7-25H,1-6H3;2*7-25H,1-6H3. The molecule has 1 heterocycles. The molecule has 1 aromatic heterocycles. The van der Waals surface area contributed by atoms with Gasteiger partial charge < -0.3 is 9.80 Å². The van der Waals surface area contributed by atoms with Crippen LogP contribution < -0.4 is 9.80 Å². The Morgan fingerprint density at radius 3 is 0.888 bits per heavy atom. The van der Waals surface area contributed by atoms with Crippen LogP contribution in [0.5, 0.6) is 0 Å². The number of rotatable bonds is 9. The molecule has 0 bridgehead atoms. The molecule has 0 fully saturated rings. The van der Waals surface area contributed by atoms with E-state index < -0.39 is 0 Å². The van der Waals surface area contributed by atoms with E-state index in [-0.39, 0.29) is 48.7 Å². The minimum absolute atomic E-state index is 0.000791. The lowest BCUT2D eigenvalue weighted by atomic mass is 9.54. The smallest absolute Gasteiger partial charge is 0.164 e. The third-order valence-electron chi connectivity index (χ3n) is 31.3. The van der Waals surface area contributed by atoms with Crippen molar-refractivity contribution in [1.29, 1.82) is 0 Å². The summed E-state index contributed by atoms with van der Waals surface area (Å²) in [5.41, 5.74) is 43.1. The van der Waals surface area contributed by atoms with Crippen molar-refractivity contribution < 1.29 is 0 Å². The Morgan fingerprint density at radius 1 is 0.168 bits per heavy atom. The first-order valence-electron chi connectivity index (χ1n) is 44.8. The van der Waals surface area contributed by atoms with Gasteiger partial charge in [-0.2, -0.15) is 0 Å². The van der Waals surface area contributed by atoms with Crippen LogP contribution in [0.4, 0.5) is 34.1 Å². The lowest BCUT2D eigenvalue weighted by Crippen LogP contribution is -2.44. The zero-order valence-corrected chi connectivity index (χ0v) is 75.6. The number of benzene rings is 15. The molecule has 16 aromatic rings. The number of anilines is 6. The molecule has 0 aliphatic heterocycles. The van der Waals surface area contributed by atoms with Crippen molar-refractivity contribution in [2.75, 3.05) is 9.80 Å². The zero-order chi connectivity index (χ0) is 86.9. The molecule has 0 radical (unpaired) electrons. The predicted octanol–water partition coefficient (Wildman–Crippen LogP) is 31.8. The first-order valence-corrected chi connectivity index (χ1v) is 44.8. The number of hydrogen-bond donors (Lipinski definition) is 0. The Morgan fingerprint density at radius 2 is 0.448 bits per heavy atom. The molecule has 22 rings (SSSR count). The molecule has 0 spiro atoms. The fraction of sp³-hybridized carbons (Fsp3) is 0.225. The SMILES string of the molecule is CC1(C)c2cc(-c3nc(-c4ccccc4)nc(-c4ccccc4)n3)ccc2-c2ccc3c(c21)-c1ccccc1C(C)(C)C3(C)C.CC1(C)c2cc(N(c3ccccc3)c3ccccc3)ccc2-c2cc3c(cc21)-c1ccccc1C(C)(C)C3(C)C.CC1(C)c2cc(N(c3ccccc3)c3ccccc3)ccc2-c2cc3c(cc21)C(C)(C)C(C)(C)c1ccccc1-3. The van der Waals surface area contributed by atoms with Gasteiger partial charge in [-0.05, 0) is 263 Å². The second kappa shape index (κ2) is 29.0. The maximum atomic E-state index is 5.03. The van der Waals surface area contributed by atoms with Gasteiger partial charge in [-0.1, -0.05) is 373 Å². The fourth-order valence-corrected chi connectivity index (χ4v) is 22.1. The van der Waals surface area contributed by atoms with E-state index in [1.165, 1.54) is 145 Å². The second-order valence-electron chi connectivity index (χ2n) is 40.3. The second-order valence-corrected chi connectivity index (χ2v) is 40.3. The average molecular weight is 1620 g/mol. The van der Waals surface area contributed by atoms with Crippen LogP contribution in [0.2, 0.25) is 0 Å². The van der Waals surface area contributed by atoms with Crippen LogP contribution in [-0.2, 0) is 48.7 Å². The van der Waals surface area contributed by atoms with Gasteiger partial charge >= 0.3 is 0 Å². The molecule has 6 aliphatic rings. The minimum atomic E-state index is -0.214. The van der Waals surface area contributed by atoms with Gasteiger partial charge in [-0.3, -0.25) is 0 Å². The molecule has 0 atom stereocenters. The number of aromatic nitrogens is 3. The largest absolute Gasteiger partial charge is 0.310 e. The van der Waals surface area contributed by atoms with E-state index in [0.29, 0.717) is 17.5 Å². The Bertz CT molecular complexity index is 6830. The molecule has 616 valence electrons. The molecule has 125 heavy (non-hydrogen) atoms. The maximum absolute atomic E-state index is 5.03. The number of fused-ring (bicyclic) bond motifs is 19. The summed E-state index contributed by atoms with van der Waals surface area (Å²) in [4.78, 5) is 19.7. The van der Waals surface area contributed by atoms with Gasteiger partial charge in [0.1, 0.15) is 0 Å². The Hall–Kier alpha value is -13.1. The highest BCUT2D eigenvalue weighted by atomic mass is 15.1. The third kappa shape index (κ3) is 12.3. The van der Waals surface area contributed by atoms with Crippen LogP contribution >= 0.6 is 0 Å². The van der Waals surface area contributed by atoms with Crippen LogP contribution in [0, 0.1) is 0 Å². The van der Waals surface area contributed by atoms with Crippen molar-refractivity contribution in [3.05, 3.63) is 413 Å². The summed E-state index contributed by atoms with van der Waals surface area (Å²) in [6, 6.07) is 126. The molecule has 0 saturated carbocycles. The molecule has 5 nitrogen and oxygen atoms in total. The topological polar surface area (TPSA) is 45.2 Å². The molecule has 0 unspecified atom stereocenters. The van der Waals surface area contributed by atoms with Crippen molar-refractivity contribution in [2.45, 2.75) is 173 Å². The highest BCUT2D eigenvalue weighted by Crippen LogP contribution is 2.64. The average Bonchev–Trinajstić information content (AvgIpc) is 1.62. The van der Waals surface area contributed by atoms with Crippen LogP contribution in [0.25, 0.3) is 101 Å². The van der Waals surface area contributed by atoms with Gasteiger partial charge in [-0.25, -0.2) is 15.0 Å². The summed E-state index contributed by atoms with van der Waals surface area (Å²) < 4.78 is 0. The fourth-order valence-electron chi connectivity index (χ4n) is 22.1. The number of para-hydroxylation sites is 4. The molecule has 0 amide bonds. The van der Waals surface area contributed by atoms with Crippen molar-refractivity contribution in [1.82, 2.24) is 15.0 Å². The normalized spacial score (nSPS) is 16.7. The Balaban J connectivity index is 0.000000119. The minimum Gasteiger partial charge on any atom is -0.310 e. The third-order valence-corrected chi connectivity index (χ3v) is 31.3. The molecular weight excluding hydrogens is 1510 g/mol. The summed E-state index contributed by atoms with van der Waals surface area (Å²) in [6.45, 7) is 43.3. The maximum Gasteiger partial charge on any atom is 0.164 e. The van der Waals surface area contributed by atoms with Crippen molar-refractivity contribution in [2.24, 2.45) is 0 Å². The molecule has 0 N–H and O–H groups in total. The monoisotopic (exact) mass is 1620 g/mol. The quantitative estimate of drug-likeness (QED) is 0.144. The van der Waals surface area contributed by atoms with E-state index in [9.17, 15) is 0 Å². The molecular formula is C120H111N5. The first-order chi connectivity index (χ1) is 59.8. The van der Waals surface area contributed by atoms with E-state index in [1.807, 2.05) is 36.4 Å². The Labute approximate surface area is 740 Å². The van der Waals surface area contributed by atoms with Gasteiger partial charge in [0, 0.05) is 67.1 Å². The van der Waals surface area contributed by atoms with E-state index in [1.54, 1.807) is 0 Å². The molecule has 15 aromatic carbocycles. The summed E-state index contributed by atoms with van der Waals surface area (Å²) >= 11 is 0. The van der Waals surface area contributed by atoms with E-state index in [0.717, 1.165) is 39.4 Å². The van der Waals surface area contributed by atoms with Gasteiger partial charge in [0.15, 0.2) is 17.5 Å². The summed E-state index contributed by atoms with van der Waals surface area (Å²) in [6.07, 6.45) is 0. The van der Waals surface area contributed by atoms with Gasteiger partial charge in [0.2, 0.25) is 0 Å².